The van der Waals surface area contributed by atoms with E-state index in [1.54, 1.807) is 7.11 Å². The van der Waals surface area contributed by atoms with Crippen molar-refractivity contribution in [2.75, 3.05) is 7.11 Å². The van der Waals surface area contributed by atoms with Gasteiger partial charge in [0.1, 0.15) is 0 Å². The lowest BCUT2D eigenvalue weighted by Crippen LogP contribution is -2.32. The van der Waals surface area contributed by atoms with E-state index in [1.165, 1.54) is 18.4 Å². The monoisotopic (exact) mass is 260 g/mol. The second kappa shape index (κ2) is 4.16. The molecule has 0 unspecified atom stereocenters. The number of methoxy groups -OCH3 is 1. The van der Waals surface area contributed by atoms with E-state index in [9.17, 15) is 5.11 Å². The molecule has 2 aliphatic rings. The molecule has 0 spiro atoms. The summed E-state index contributed by atoms with van der Waals surface area (Å²) in [6, 6.07) is 5.93. The summed E-state index contributed by atoms with van der Waals surface area (Å²) in [6.45, 7) is 7.24. The van der Waals surface area contributed by atoms with Crippen LogP contribution in [0.4, 0.5) is 0 Å². The van der Waals surface area contributed by atoms with Gasteiger partial charge in [-0.15, -0.1) is 0 Å². The molecule has 0 amide bonds. The largest absolute Gasteiger partial charge is 0.504 e. The molecule has 2 heteroatoms. The third kappa shape index (κ3) is 1.76. The predicted octanol–water partition coefficient (Wildman–Crippen LogP) is 4.19. The maximum absolute atomic E-state index is 9.98. The molecule has 0 saturated heterocycles. The smallest absolute Gasteiger partial charge is 0.160 e. The molecule has 2 bridgehead atoms. The highest BCUT2D eigenvalue weighted by Crippen LogP contribution is 2.64. The maximum atomic E-state index is 9.98. The van der Waals surface area contributed by atoms with E-state index in [-0.39, 0.29) is 5.75 Å². The van der Waals surface area contributed by atoms with Crippen LogP contribution in [0.25, 0.3) is 0 Å². The Morgan fingerprint density at radius 2 is 2.00 bits per heavy atom. The first kappa shape index (κ1) is 12.8. The number of aromatic hydroxyl groups is 1. The topological polar surface area (TPSA) is 29.5 Å². The normalized spacial score (nSPS) is 35.6. The number of fused-ring (bicyclic) bond motifs is 2. The van der Waals surface area contributed by atoms with Gasteiger partial charge in [-0.3, -0.25) is 0 Å². The second-order valence-corrected chi connectivity index (χ2v) is 6.99. The van der Waals surface area contributed by atoms with Crippen LogP contribution in [0.5, 0.6) is 11.5 Å². The maximum Gasteiger partial charge on any atom is 0.160 e. The van der Waals surface area contributed by atoms with Gasteiger partial charge in [-0.05, 0) is 59.6 Å². The van der Waals surface area contributed by atoms with Crippen LogP contribution in [0.15, 0.2) is 18.2 Å². The van der Waals surface area contributed by atoms with Gasteiger partial charge in [-0.1, -0.05) is 26.8 Å². The van der Waals surface area contributed by atoms with Crippen molar-refractivity contribution in [1.29, 1.82) is 0 Å². The van der Waals surface area contributed by atoms with Gasteiger partial charge in [0.05, 0.1) is 7.11 Å². The molecule has 19 heavy (non-hydrogen) atoms. The average Bonchev–Trinajstić information content (AvgIpc) is 2.90. The summed E-state index contributed by atoms with van der Waals surface area (Å²) in [5, 5.41) is 9.98. The Morgan fingerprint density at radius 3 is 2.53 bits per heavy atom. The third-order valence-corrected chi connectivity index (χ3v) is 6.07. The van der Waals surface area contributed by atoms with Crippen molar-refractivity contribution in [3.05, 3.63) is 23.8 Å². The first-order chi connectivity index (χ1) is 8.95. The molecular formula is C17H24O2. The molecule has 0 radical (unpaired) electrons. The molecule has 0 aliphatic heterocycles. The number of hydrogen-bond donors (Lipinski definition) is 1. The van der Waals surface area contributed by atoms with Crippen molar-refractivity contribution in [2.24, 2.45) is 23.2 Å². The van der Waals surface area contributed by atoms with Crippen LogP contribution in [0.3, 0.4) is 0 Å². The van der Waals surface area contributed by atoms with Gasteiger partial charge in [0, 0.05) is 0 Å². The molecule has 104 valence electrons. The van der Waals surface area contributed by atoms with Crippen LogP contribution in [0.1, 0.15) is 45.1 Å². The molecule has 2 nitrogen and oxygen atoms in total. The number of rotatable bonds is 2. The van der Waals surface area contributed by atoms with Crippen molar-refractivity contribution in [3.63, 3.8) is 0 Å². The fourth-order valence-electron chi connectivity index (χ4n) is 4.56. The van der Waals surface area contributed by atoms with Crippen molar-refractivity contribution in [2.45, 2.75) is 39.5 Å². The summed E-state index contributed by atoms with van der Waals surface area (Å²) < 4.78 is 5.13. The number of phenolic OH excluding ortho intramolecular Hbond substituents is 1. The minimum atomic E-state index is 0.272. The number of hydrogen-bond acceptors (Lipinski definition) is 2. The molecule has 2 fully saturated rings. The van der Waals surface area contributed by atoms with Gasteiger partial charge in [-0.25, -0.2) is 0 Å². The van der Waals surface area contributed by atoms with Gasteiger partial charge in [0.25, 0.3) is 0 Å². The van der Waals surface area contributed by atoms with Gasteiger partial charge < -0.3 is 9.84 Å². The summed E-state index contributed by atoms with van der Waals surface area (Å²) in [4.78, 5) is 0. The minimum absolute atomic E-state index is 0.272. The van der Waals surface area contributed by atoms with E-state index in [4.69, 9.17) is 4.74 Å². The van der Waals surface area contributed by atoms with Crippen molar-refractivity contribution in [3.8, 4) is 11.5 Å². The third-order valence-electron chi connectivity index (χ3n) is 6.07. The molecule has 0 aromatic heterocycles. The first-order valence-electron chi connectivity index (χ1n) is 7.32. The molecule has 1 aromatic rings. The van der Waals surface area contributed by atoms with Crippen LogP contribution in [0.2, 0.25) is 0 Å². The molecule has 1 aromatic carbocycles. The lowest BCUT2D eigenvalue weighted by atomic mass is 9.64. The average molecular weight is 260 g/mol. The summed E-state index contributed by atoms with van der Waals surface area (Å²) in [5.41, 5.74) is 1.70. The van der Waals surface area contributed by atoms with Gasteiger partial charge >= 0.3 is 0 Å². The van der Waals surface area contributed by atoms with Gasteiger partial charge in [0.15, 0.2) is 11.5 Å². The fourth-order valence-corrected chi connectivity index (χ4v) is 4.56. The number of phenols is 1. The predicted molar refractivity (Wildman–Crippen MR) is 76.6 cm³/mol. The van der Waals surface area contributed by atoms with Gasteiger partial charge in [-0.2, -0.15) is 0 Å². The zero-order valence-corrected chi connectivity index (χ0v) is 12.3. The Morgan fingerprint density at radius 1 is 1.26 bits per heavy atom. The quantitative estimate of drug-likeness (QED) is 0.864. The fraction of sp³-hybridized carbons (Fsp3) is 0.647. The Balaban J connectivity index is 1.91. The SMILES string of the molecule is COc1ccc([C@@H]2C[C@@H]3C[C@@H]2C(C)(C)[C@@H]3C)cc1O. The lowest BCUT2D eigenvalue weighted by molar-refractivity contribution is 0.118. The molecule has 0 heterocycles. The first-order valence-corrected chi connectivity index (χ1v) is 7.32. The molecule has 4 atom stereocenters. The van der Waals surface area contributed by atoms with Crippen LogP contribution in [-0.2, 0) is 0 Å². The second-order valence-electron chi connectivity index (χ2n) is 6.99. The molecular weight excluding hydrogens is 236 g/mol. The van der Waals surface area contributed by atoms with Crippen LogP contribution in [0, 0.1) is 23.2 Å². The Labute approximate surface area is 115 Å². The zero-order valence-electron chi connectivity index (χ0n) is 12.3. The summed E-state index contributed by atoms with van der Waals surface area (Å²) >= 11 is 0. The molecule has 3 rings (SSSR count). The van der Waals surface area contributed by atoms with Crippen LogP contribution < -0.4 is 4.74 Å². The van der Waals surface area contributed by atoms with E-state index in [1.807, 2.05) is 12.1 Å². The molecule has 2 aliphatic carbocycles. The van der Waals surface area contributed by atoms with E-state index in [0.29, 0.717) is 17.1 Å². The van der Waals surface area contributed by atoms with Crippen molar-refractivity contribution < 1.29 is 9.84 Å². The molecule has 2 saturated carbocycles. The Bertz CT molecular complexity index is 492. The summed E-state index contributed by atoms with van der Waals surface area (Å²) in [5.74, 6) is 3.87. The standard InChI is InChI=1S/C17H24O2/c1-10-12-7-13(14(8-12)17(10,2)3)11-5-6-16(19-4)15(18)9-11/h5-6,9-10,12-14,18H,7-8H2,1-4H3/t10-,12-,13+,14+/m1/s1. The Kier molecular flexibility index (Phi) is 2.81. The van der Waals surface area contributed by atoms with Crippen molar-refractivity contribution >= 4 is 0 Å². The van der Waals surface area contributed by atoms with Crippen LogP contribution >= 0.6 is 0 Å². The van der Waals surface area contributed by atoms with Crippen molar-refractivity contribution in [1.82, 2.24) is 0 Å². The zero-order chi connectivity index (χ0) is 13.8. The minimum Gasteiger partial charge on any atom is -0.504 e. The van der Waals surface area contributed by atoms with Gasteiger partial charge in [0.2, 0.25) is 0 Å². The van der Waals surface area contributed by atoms with E-state index >= 15 is 0 Å². The van der Waals surface area contributed by atoms with E-state index in [2.05, 4.69) is 26.8 Å². The summed E-state index contributed by atoms with van der Waals surface area (Å²) in [6.07, 6.45) is 2.63. The van der Waals surface area contributed by atoms with E-state index < -0.39 is 0 Å². The Hall–Kier alpha value is -1.18. The number of benzene rings is 1. The highest BCUT2D eigenvalue weighted by Gasteiger charge is 2.55. The van der Waals surface area contributed by atoms with Crippen LogP contribution in [-0.4, -0.2) is 12.2 Å². The number of ether oxygens (including phenoxy) is 1. The summed E-state index contributed by atoms with van der Waals surface area (Å²) in [7, 11) is 1.59. The lowest BCUT2D eigenvalue weighted by Gasteiger charge is -2.41. The highest BCUT2D eigenvalue weighted by atomic mass is 16.5. The highest BCUT2D eigenvalue weighted by molar-refractivity contribution is 5.43. The molecule has 1 N–H and O–H groups in total. The van der Waals surface area contributed by atoms with E-state index in [0.717, 1.165) is 17.8 Å².